The van der Waals surface area contributed by atoms with Crippen LogP contribution in [-0.4, -0.2) is 49.1 Å². The van der Waals surface area contributed by atoms with E-state index in [4.69, 9.17) is 13.7 Å². The molecular weight excluding hydrogens is 709 g/mol. The summed E-state index contributed by atoms with van der Waals surface area (Å²) in [6, 6.07) is 32.3. The number of esters is 2. The molecule has 4 aromatic rings. The molecule has 2 atom stereocenters. The van der Waals surface area contributed by atoms with E-state index in [2.05, 4.69) is 11.9 Å². The number of nitro groups is 1. The predicted molar refractivity (Wildman–Crippen MR) is 206 cm³/mol. The number of nitrogens with one attached hydrogen (secondary N) is 1. The molecule has 0 aliphatic carbocycles. The Morgan fingerprint density at radius 3 is 1.69 bits per heavy atom. The Kier molecular flexibility index (Phi) is 13.7. The van der Waals surface area contributed by atoms with Crippen LogP contribution in [0.5, 0.6) is 0 Å². The molecule has 1 N–H and O–H groups in total. The molecule has 4 rings (SSSR count). The standard InChI is InChI=1S/C42H48N2O9S/c1-7-41(5,6)53-39(46)37(43-42(32-19-11-8-12-20-32,33-21-13-9-14-22-33)34-23-15-10-16-24-34)30-31(38(45)52-40(2,3)4)18-17-29-51-54(49,50)36-27-25-35(26-28-36)44(47)48/h7-16,19-28,31,37,43H,1,17-18,29-30H2,2-6H3/t31-,37-/m0/s1. The van der Waals surface area contributed by atoms with Crippen molar-refractivity contribution in [3.8, 4) is 0 Å². The lowest BCUT2D eigenvalue weighted by Gasteiger charge is -2.40. The molecule has 0 radical (unpaired) electrons. The number of ether oxygens (including phenoxy) is 2. The maximum Gasteiger partial charge on any atom is 0.324 e. The monoisotopic (exact) mass is 756 g/mol. The normalized spacial score (nSPS) is 13.4. The van der Waals surface area contributed by atoms with Gasteiger partial charge in [-0.3, -0.25) is 29.2 Å². The summed E-state index contributed by atoms with van der Waals surface area (Å²) < 4.78 is 42.9. The Hall–Kier alpha value is -5.17. The fourth-order valence-electron chi connectivity index (χ4n) is 5.96. The summed E-state index contributed by atoms with van der Waals surface area (Å²) in [5, 5.41) is 14.7. The van der Waals surface area contributed by atoms with Crippen molar-refractivity contribution < 1.29 is 36.6 Å². The van der Waals surface area contributed by atoms with Crippen molar-refractivity contribution in [1.82, 2.24) is 5.32 Å². The first kappa shape index (κ1) is 41.6. The van der Waals surface area contributed by atoms with E-state index in [1.165, 1.54) is 6.08 Å². The van der Waals surface area contributed by atoms with Crippen LogP contribution in [0.1, 0.15) is 70.6 Å². The van der Waals surface area contributed by atoms with Crippen molar-refractivity contribution in [1.29, 1.82) is 0 Å². The number of carbonyl (C=O) groups excluding carboxylic acids is 2. The fourth-order valence-corrected chi connectivity index (χ4v) is 6.91. The number of nitrogens with zero attached hydrogens (tertiary/aromatic N) is 1. The molecule has 0 unspecified atom stereocenters. The van der Waals surface area contributed by atoms with Gasteiger partial charge in [0.1, 0.15) is 17.2 Å². The van der Waals surface area contributed by atoms with E-state index in [0.717, 1.165) is 41.0 Å². The summed E-state index contributed by atoms with van der Waals surface area (Å²) in [5.74, 6) is -2.11. The molecule has 0 saturated carbocycles. The first-order valence-corrected chi connectivity index (χ1v) is 19.1. The van der Waals surface area contributed by atoms with Gasteiger partial charge in [0.15, 0.2) is 0 Å². The van der Waals surface area contributed by atoms with Crippen molar-refractivity contribution in [2.45, 2.75) is 81.6 Å². The zero-order valence-electron chi connectivity index (χ0n) is 31.3. The third kappa shape index (κ3) is 10.9. The summed E-state index contributed by atoms with van der Waals surface area (Å²) in [4.78, 5) is 38.4. The lowest BCUT2D eigenvalue weighted by molar-refractivity contribution is -0.384. The van der Waals surface area contributed by atoms with Crippen molar-refractivity contribution in [2.75, 3.05) is 6.61 Å². The first-order chi connectivity index (χ1) is 25.5. The lowest BCUT2D eigenvalue weighted by atomic mass is 9.76. The van der Waals surface area contributed by atoms with Crippen LogP contribution < -0.4 is 5.32 Å². The van der Waals surface area contributed by atoms with E-state index in [0.29, 0.717) is 0 Å². The molecule has 0 bridgehead atoms. The quantitative estimate of drug-likeness (QED) is 0.0202. The summed E-state index contributed by atoms with van der Waals surface area (Å²) in [7, 11) is -4.26. The smallest absolute Gasteiger partial charge is 0.324 e. The minimum atomic E-state index is -4.26. The van der Waals surface area contributed by atoms with Crippen molar-refractivity contribution >= 4 is 27.7 Å². The van der Waals surface area contributed by atoms with Crippen LogP contribution in [0.2, 0.25) is 0 Å². The van der Waals surface area contributed by atoms with Gasteiger partial charge < -0.3 is 9.47 Å². The van der Waals surface area contributed by atoms with Crippen LogP contribution >= 0.6 is 0 Å². The number of nitro benzene ring substituents is 1. The Morgan fingerprint density at radius 2 is 1.26 bits per heavy atom. The van der Waals surface area contributed by atoms with Crippen molar-refractivity contribution in [3.63, 3.8) is 0 Å². The van der Waals surface area contributed by atoms with Gasteiger partial charge in [0.05, 0.1) is 27.9 Å². The Balaban J connectivity index is 1.74. The number of hydrogen-bond donors (Lipinski definition) is 1. The lowest BCUT2D eigenvalue weighted by Crippen LogP contribution is -2.54. The van der Waals surface area contributed by atoms with E-state index >= 15 is 0 Å². The molecule has 4 aromatic carbocycles. The first-order valence-electron chi connectivity index (χ1n) is 17.6. The number of rotatable bonds is 18. The second kappa shape index (κ2) is 17.8. The third-order valence-electron chi connectivity index (χ3n) is 8.68. The molecule has 0 amide bonds. The van der Waals surface area contributed by atoms with E-state index in [9.17, 15) is 28.1 Å². The molecule has 0 spiro atoms. The van der Waals surface area contributed by atoms with Crippen LogP contribution in [0.4, 0.5) is 5.69 Å². The van der Waals surface area contributed by atoms with E-state index < -0.39 is 55.7 Å². The highest BCUT2D eigenvalue weighted by Crippen LogP contribution is 2.38. The van der Waals surface area contributed by atoms with E-state index in [1.54, 1.807) is 34.6 Å². The topological polar surface area (TPSA) is 151 Å². The van der Waals surface area contributed by atoms with Gasteiger partial charge in [0.25, 0.3) is 15.8 Å². The summed E-state index contributed by atoms with van der Waals surface area (Å²) in [5.41, 5.74) is -0.769. The zero-order chi connectivity index (χ0) is 39.6. The molecule has 0 fully saturated rings. The average molecular weight is 757 g/mol. The van der Waals surface area contributed by atoms with Gasteiger partial charge in [-0.05, 0) is 88.8 Å². The second-order valence-electron chi connectivity index (χ2n) is 14.4. The SMILES string of the molecule is C=CC(C)(C)OC(=O)[C@H](C[C@H](CCCOS(=O)(=O)c1ccc([N+](=O)[O-])cc1)C(=O)OC(C)(C)C)NC(c1ccccc1)(c1ccccc1)c1ccccc1. The largest absolute Gasteiger partial charge is 0.460 e. The van der Waals surface area contributed by atoms with Gasteiger partial charge in [-0.25, -0.2) is 0 Å². The summed E-state index contributed by atoms with van der Waals surface area (Å²) in [6.07, 6.45) is 1.63. The van der Waals surface area contributed by atoms with Crippen molar-refractivity contribution in [2.24, 2.45) is 5.92 Å². The molecule has 0 aliphatic heterocycles. The van der Waals surface area contributed by atoms with Crippen molar-refractivity contribution in [3.05, 3.63) is 155 Å². The number of benzene rings is 4. The highest BCUT2D eigenvalue weighted by atomic mass is 32.2. The van der Waals surface area contributed by atoms with Gasteiger partial charge in [-0.15, -0.1) is 0 Å². The Morgan fingerprint density at radius 1 is 0.778 bits per heavy atom. The molecule has 286 valence electrons. The highest BCUT2D eigenvalue weighted by molar-refractivity contribution is 7.86. The fraction of sp³-hybridized carbons (Fsp3) is 0.333. The molecule has 0 heterocycles. The summed E-state index contributed by atoms with van der Waals surface area (Å²) in [6.45, 7) is 12.2. The molecule has 0 saturated heterocycles. The molecule has 11 nitrogen and oxygen atoms in total. The molecule has 0 aliphatic rings. The van der Waals surface area contributed by atoms with Crippen LogP contribution in [0.25, 0.3) is 0 Å². The molecular formula is C42H48N2O9S. The van der Waals surface area contributed by atoms with Gasteiger partial charge in [-0.1, -0.05) is 97.6 Å². The van der Waals surface area contributed by atoms with Crippen LogP contribution in [0.3, 0.4) is 0 Å². The Labute approximate surface area is 317 Å². The third-order valence-corrected chi connectivity index (χ3v) is 10.0. The highest BCUT2D eigenvalue weighted by Gasteiger charge is 2.43. The van der Waals surface area contributed by atoms with E-state index in [1.807, 2.05) is 91.0 Å². The van der Waals surface area contributed by atoms with E-state index in [-0.39, 0.29) is 36.5 Å². The van der Waals surface area contributed by atoms with Gasteiger partial charge in [0.2, 0.25) is 0 Å². The van der Waals surface area contributed by atoms with Gasteiger partial charge in [0, 0.05) is 12.1 Å². The maximum absolute atomic E-state index is 14.4. The number of hydrogen-bond acceptors (Lipinski definition) is 10. The predicted octanol–water partition coefficient (Wildman–Crippen LogP) is 7.89. The number of carbonyl (C=O) groups is 2. The average Bonchev–Trinajstić information content (AvgIpc) is 3.14. The molecule has 0 aromatic heterocycles. The second-order valence-corrected chi connectivity index (χ2v) is 16.0. The van der Waals surface area contributed by atoms with Crippen LogP contribution in [0, 0.1) is 16.0 Å². The minimum absolute atomic E-state index is 0.0790. The van der Waals surface area contributed by atoms with Crippen LogP contribution in [0.15, 0.2) is 133 Å². The summed E-state index contributed by atoms with van der Waals surface area (Å²) >= 11 is 0. The zero-order valence-corrected chi connectivity index (χ0v) is 32.1. The minimum Gasteiger partial charge on any atom is -0.460 e. The molecule has 54 heavy (non-hydrogen) atoms. The molecule has 12 heteroatoms. The number of non-ortho nitro benzene ring substituents is 1. The van der Waals surface area contributed by atoms with Gasteiger partial charge in [-0.2, -0.15) is 8.42 Å². The van der Waals surface area contributed by atoms with Gasteiger partial charge >= 0.3 is 11.9 Å². The van der Waals surface area contributed by atoms with Crippen LogP contribution in [-0.2, 0) is 38.9 Å². The Bertz CT molecular complexity index is 1880. The maximum atomic E-state index is 14.4.